The molecule has 4 heterocycles. The summed E-state index contributed by atoms with van der Waals surface area (Å²) in [6.45, 7) is 0.0564. The van der Waals surface area contributed by atoms with E-state index in [4.69, 9.17) is 21.7 Å². The Bertz CT molecular complexity index is 1570. The SMILES string of the molecule is N#Cc1cc(C(F)(F)F)cn(CC(=O)N2CCC(c3nc(C4=NOC(c5c(F)cccc5Cl)C4)cs3)CC2)c1=O. The predicted molar refractivity (Wildman–Crippen MR) is 137 cm³/mol. The maximum Gasteiger partial charge on any atom is 0.417 e. The van der Waals surface area contributed by atoms with Crippen molar-refractivity contribution in [3.05, 3.63) is 84.4 Å². The number of pyridine rings is 1. The fourth-order valence-electron chi connectivity index (χ4n) is 4.72. The molecule has 5 rings (SSSR count). The zero-order valence-electron chi connectivity index (χ0n) is 20.6. The number of alkyl halides is 3. The molecule has 0 radical (unpaired) electrons. The van der Waals surface area contributed by atoms with E-state index in [0.717, 1.165) is 5.01 Å². The number of nitrogens with zero attached hydrogens (tertiary/aromatic N) is 5. The summed E-state index contributed by atoms with van der Waals surface area (Å²) < 4.78 is 54.5. The largest absolute Gasteiger partial charge is 0.417 e. The van der Waals surface area contributed by atoms with Crippen molar-refractivity contribution in [3.8, 4) is 6.07 Å². The number of thiazole rings is 1. The molecule has 0 N–H and O–H groups in total. The Morgan fingerprint density at radius 2 is 2.02 bits per heavy atom. The van der Waals surface area contributed by atoms with Crippen LogP contribution in [0.15, 0.2) is 45.8 Å². The molecule has 8 nitrogen and oxygen atoms in total. The quantitative estimate of drug-likeness (QED) is 0.376. The summed E-state index contributed by atoms with van der Waals surface area (Å²) >= 11 is 7.58. The zero-order chi connectivity index (χ0) is 28.6. The van der Waals surface area contributed by atoms with Gasteiger partial charge >= 0.3 is 6.18 Å². The van der Waals surface area contributed by atoms with E-state index in [-0.39, 0.29) is 16.5 Å². The summed E-state index contributed by atoms with van der Waals surface area (Å²) in [5, 5.41) is 16.1. The number of nitriles is 1. The molecular weight excluding hydrogens is 574 g/mol. The summed E-state index contributed by atoms with van der Waals surface area (Å²) in [7, 11) is 0. The normalized spacial score (nSPS) is 17.9. The highest BCUT2D eigenvalue weighted by molar-refractivity contribution is 7.10. The number of rotatable bonds is 5. The van der Waals surface area contributed by atoms with E-state index in [9.17, 15) is 27.2 Å². The summed E-state index contributed by atoms with van der Waals surface area (Å²) in [5.41, 5.74) is -1.37. The minimum absolute atomic E-state index is 0.0454. The maximum absolute atomic E-state index is 14.3. The van der Waals surface area contributed by atoms with Gasteiger partial charge in [0.25, 0.3) is 5.56 Å². The molecule has 14 heteroatoms. The molecule has 1 saturated heterocycles. The highest BCUT2D eigenvalue weighted by Gasteiger charge is 2.34. The standard InChI is InChI=1S/C26H20ClF4N5O3S/c27-17-2-1-3-18(28)23(17)21-9-19(34-39-21)20-13-40-24(33-20)14-4-6-35(7-5-14)22(37)12-36-11-16(26(29,30)31)8-15(10-32)25(36)38/h1-3,8,11,13-14,21H,4-7,9,12H2. The van der Waals surface area contributed by atoms with Crippen molar-refractivity contribution in [3.63, 3.8) is 0 Å². The maximum atomic E-state index is 14.3. The third-order valence-electron chi connectivity index (χ3n) is 6.84. The van der Waals surface area contributed by atoms with Gasteiger partial charge in [-0.25, -0.2) is 9.37 Å². The van der Waals surface area contributed by atoms with Gasteiger partial charge in [-0.05, 0) is 31.0 Å². The summed E-state index contributed by atoms with van der Waals surface area (Å²) in [6.07, 6.45) is -3.43. The molecule has 40 heavy (non-hydrogen) atoms. The third kappa shape index (κ3) is 5.59. The Labute approximate surface area is 234 Å². The number of likely N-dealkylation sites (tertiary alicyclic amines) is 1. The zero-order valence-corrected chi connectivity index (χ0v) is 22.2. The molecule has 0 saturated carbocycles. The lowest BCUT2D eigenvalue weighted by Gasteiger charge is -2.31. The van der Waals surface area contributed by atoms with Crippen LogP contribution in [-0.2, 0) is 22.4 Å². The number of halogens is 5. The van der Waals surface area contributed by atoms with Crippen LogP contribution < -0.4 is 5.56 Å². The molecule has 0 bridgehead atoms. The lowest BCUT2D eigenvalue weighted by atomic mass is 9.97. The van der Waals surface area contributed by atoms with Crippen molar-refractivity contribution in [1.82, 2.24) is 14.5 Å². The Morgan fingerprint density at radius 3 is 2.70 bits per heavy atom. The van der Waals surface area contributed by atoms with Crippen molar-refractivity contribution in [2.24, 2.45) is 5.16 Å². The number of carbonyl (C=O) groups is 1. The highest BCUT2D eigenvalue weighted by Crippen LogP contribution is 2.37. The molecule has 0 spiro atoms. The first kappa shape index (κ1) is 27.8. The van der Waals surface area contributed by atoms with E-state index in [1.54, 1.807) is 6.07 Å². The fraction of sp³-hybridized carbons (Fsp3) is 0.346. The topological polar surface area (TPSA) is 101 Å². The van der Waals surface area contributed by atoms with Gasteiger partial charge in [0.1, 0.15) is 29.7 Å². The van der Waals surface area contributed by atoms with E-state index in [2.05, 4.69) is 10.1 Å². The number of amides is 1. The van der Waals surface area contributed by atoms with Gasteiger partial charge in [0.15, 0.2) is 6.10 Å². The molecule has 1 amide bonds. The Kier molecular flexibility index (Phi) is 7.65. The molecular formula is C26H20ClF4N5O3S. The molecule has 208 valence electrons. The van der Waals surface area contributed by atoms with Crippen LogP contribution in [0.1, 0.15) is 58.7 Å². The van der Waals surface area contributed by atoms with Crippen molar-refractivity contribution in [2.75, 3.05) is 13.1 Å². The minimum atomic E-state index is -4.77. The van der Waals surface area contributed by atoms with Gasteiger partial charge in [-0.15, -0.1) is 11.3 Å². The first-order valence-corrected chi connectivity index (χ1v) is 13.4. The van der Waals surface area contributed by atoms with Crippen LogP contribution >= 0.6 is 22.9 Å². The monoisotopic (exact) mass is 593 g/mol. The van der Waals surface area contributed by atoms with Crippen LogP contribution in [-0.4, -0.2) is 39.2 Å². The Hall–Kier alpha value is -3.76. The summed E-state index contributed by atoms with van der Waals surface area (Å²) in [6, 6.07) is 6.35. The molecule has 1 fully saturated rings. The fourth-order valence-corrected chi connectivity index (χ4v) is 6.00. The third-order valence-corrected chi connectivity index (χ3v) is 8.18. The molecule has 2 aliphatic rings. The van der Waals surface area contributed by atoms with Crippen molar-refractivity contribution < 1.29 is 27.2 Å². The van der Waals surface area contributed by atoms with Gasteiger partial charge < -0.3 is 14.3 Å². The van der Waals surface area contributed by atoms with Gasteiger partial charge in [0.2, 0.25) is 5.91 Å². The smallest absolute Gasteiger partial charge is 0.387 e. The average Bonchev–Trinajstić information content (AvgIpc) is 3.60. The van der Waals surface area contributed by atoms with Crippen LogP contribution in [0.5, 0.6) is 0 Å². The molecule has 1 atom stereocenters. The van der Waals surface area contributed by atoms with Crippen molar-refractivity contribution in [2.45, 2.75) is 44.0 Å². The number of aromatic nitrogens is 2. The number of hydrogen-bond donors (Lipinski definition) is 0. The van der Waals surface area contributed by atoms with E-state index >= 15 is 0 Å². The molecule has 2 aromatic heterocycles. The number of oxime groups is 1. The summed E-state index contributed by atoms with van der Waals surface area (Å²) in [4.78, 5) is 36.8. The lowest BCUT2D eigenvalue weighted by molar-refractivity contribution is -0.139. The number of hydrogen-bond acceptors (Lipinski definition) is 7. The van der Waals surface area contributed by atoms with Gasteiger partial charge in [-0.2, -0.15) is 18.4 Å². The van der Waals surface area contributed by atoms with Gasteiger partial charge in [0.05, 0.1) is 21.3 Å². The molecule has 1 unspecified atom stereocenters. The van der Waals surface area contributed by atoms with E-state index < -0.39 is 47.2 Å². The molecule has 0 aliphatic carbocycles. The number of piperidine rings is 1. The predicted octanol–water partition coefficient (Wildman–Crippen LogP) is 5.26. The summed E-state index contributed by atoms with van der Waals surface area (Å²) in [5.74, 6) is -0.944. The van der Waals surface area contributed by atoms with Crippen molar-refractivity contribution in [1.29, 1.82) is 5.26 Å². The lowest BCUT2D eigenvalue weighted by Crippen LogP contribution is -2.41. The van der Waals surface area contributed by atoms with E-state index in [0.29, 0.717) is 60.6 Å². The van der Waals surface area contributed by atoms with Crippen LogP contribution in [0.4, 0.5) is 17.6 Å². The van der Waals surface area contributed by atoms with Crippen LogP contribution in [0.2, 0.25) is 5.02 Å². The van der Waals surface area contributed by atoms with Gasteiger partial charge in [-0.3, -0.25) is 9.59 Å². The first-order chi connectivity index (χ1) is 19.0. The highest BCUT2D eigenvalue weighted by atomic mass is 35.5. The first-order valence-electron chi connectivity index (χ1n) is 12.2. The number of carbonyl (C=O) groups excluding carboxylic acids is 1. The Balaban J connectivity index is 1.20. The Morgan fingerprint density at radius 1 is 1.27 bits per heavy atom. The molecule has 3 aromatic rings. The second-order valence-electron chi connectivity index (χ2n) is 9.38. The second-order valence-corrected chi connectivity index (χ2v) is 10.7. The molecule has 1 aromatic carbocycles. The van der Waals surface area contributed by atoms with Crippen LogP contribution in [0, 0.1) is 17.1 Å². The number of benzene rings is 1. The van der Waals surface area contributed by atoms with E-state index in [1.807, 2.05) is 5.38 Å². The second kappa shape index (κ2) is 11.0. The minimum Gasteiger partial charge on any atom is -0.387 e. The van der Waals surface area contributed by atoms with Gasteiger partial charge in [-0.1, -0.05) is 22.8 Å². The van der Waals surface area contributed by atoms with E-state index in [1.165, 1.54) is 34.4 Å². The van der Waals surface area contributed by atoms with Crippen LogP contribution in [0.3, 0.4) is 0 Å². The average molecular weight is 594 g/mol. The van der Waals surface area contributed by atoms with Crippen LogP contribution in [0.25, 0.3) is 0 Å². The molecule has 2 aliphatic heterocycles. The van der Waals surface area contributed by atoms with Gasteiger partial charge in [0, 0.05) is 42.6 Å². The van der Waals surface area contributed by atoms with Crippen molar-refractivity contribution >= 4 is 34.6 Å².